The summed E-state index contributed by atoms with van der Waals surface area (Å²) in [4.78, 5) is 44.2. The highest BCUT2D eigenvalue weighted by atomic mass is 16.1. The van der Waals surface area contributed by atoms with E-state index in [1.807, 2.05) is 0 Å². The number of benzene rings is 1. The summed E-state index contributed by atoms with van der Waals surface area (Å²) >= 11 is 0. The lowest BCUT2D eigenvalue weighted by Gasteiger charge is -2.52. The molecule has 0 unspecified atom stereocenters. The normalized spacial score (nSPS) is 27.5. The van der Waals surface area contributed by atoms with Crippen LogP contribution in [-0.4, -0.2) is 22.3 Å². The molecule has 1 aromatic heterocycles. The molecule has 2 aromatic rings. The van der Waals surface area contributed by atoms with E-state index in [4.69, 9.17) is 0 Å². The minimum atomic E-state index is -0.426. The van der Waals surface area contributed by atoms with Crippen LogP contribution in [0.4, 0.5) is 0 Å². The topological polar surface area (TPSA) is 64.1 Å². The Hall–Kier alpha value is -2.62. The Balaban J connectivity index is 1.75. The Labute approximate surface area is 164 Å². The smallest absolute Gasteiger partial charge is 0.212 e. The summed E-state index contributed by atoms with van der Waals surface area (Å²) in [5.41, 5.74) is 2.23. The molecule has 0 radical (unpaired) electrons. The molecule has 142 valence electrons. The summed E-state index contributed by atoms with van der Waals surface area (Å²) in [5, 5.41) is 0. The minimum absolute atomic E-state index is 0.0101. The highest BCUT2D eigenvalue weighted by Gasteiger charge is 2.54. The van der Waals surface area contributed by atoms with Crippen molar-refractivity contribution >= 4 is 17.3 Å². The van der Waals surface area contributed by atoms with E-state index in [9.17, 15) is 14.4 Å². The monoisotopic (exact) mass is 373 g/mol. The van der Waals surface area contributed by atoms with Crippen LogP contribution in [0.25, 0.3) is 0 Å². The standard InChI is InChI=1S/C24H23NO3/c1-23(2)9-6-10-24(3)17(23)11-15-16(22(24)28)12-25-19-18(15)20(26)13-7-4-5-8-14(13)21(19)27/h4-5,7-8,12,17H,6,9-11H2,1-3H3/t17-,24-/m0/s1. The average molecular weight is 373 g/mol. The molecule has 3 aliphatic carbocycles. The molecule has 1 heterocycles. The zero-order valence-corrected chi connectivity index (χ0v) is 16.5. The maximum absolute atomic E-state index is 13.5. The second-order valence-corrected chi connectivity index (χ2v) is 9.42. The van der Waals surface area contributed by atoms with Gasteiger partial charge in [0, 0.05) is 28.3 Å². The van der Waals surface area contributed by atoms with Gasteiger partial charge in [-0.15, -0.1) is 0 Å². The highest BCUT2D eigenvalue weighted by molar-refractivity contribution is 6.28. The first-order chi connectivity index (χ1) is 13.3. The zero-order chi connectivity index (χ0) is 19.8. The molecule has 4 nitrogen and oxygen atoms in total. The molecule has 0 bridgehead atoms. The molecule has 3 aliphatic rings. The number of Topliss-reactive ketones (excluding diaryl/α,β-unsaturated/α-hetero) is 1. The summed E-state index contributed by atoms with van der Waals surface area (Å²) in [6.07, 6.45) is 5.16. The van der Waals surface area contributed by atoms with Crippen molar-refractivity contribution in [1.29, 1.82) is 0 Å². The van der Waals surface area contributed by atoms with Gasteiger partial charge in [-0.2, -0.15) is 0 Å². The van der Waals surface area contributed by atoms with E-state index in [0.29, 0.717) is 28.7 Å². The molecule has 1 saturated carbocycles. The van der Waals surface area contributed by atoms with Crippen molar-refractivity contribution in [3.05, 3.63) is 64.0 Å². The van der Waals surface area contributed by atoms with Crippen molar-refractivity contribution < 1.29 is 14.4 Å². The Kier molecular flexibility index (Phi) is 3.41. The fourth-order valence-corrected chi connectivity index (χ4v) is 5.92. The number of rotatable bonds is 0. The van der Waals surface area contributed by atoms with Gasteiger partial charge in [0.1, 0.15) is 5.69 Å². The summed E-state index contributed by atoms with van der Waals surface area (Å²) < 4.78 is 0. The third-order valence-electron chi connectivity index (χ3n) is 7.45. The first-order valence-corrected chi connectivity index (χ1v) is 10.0. The number of hydrogen-bond acceptors (Lipinski definition) is 4. The van der Waals surface area contributed by atoms with Crippen molar-refractivity contribution in [3.8, 4) is 0 Å². The molecular formula is C24H23NO3. The van der Waals surface area contributed by atoms with Gasteiger partial charge in [-0.05, 0) is 36.2 Å². The van der Waals surface area contributed by atoms with Gasteiger partial charge in [-0.25, -0.2) is 0 Å². The number of fused-ring (bicyclic) bond motifs is 5. The van der Waals surface area contributed by atoms with E-state index in [0.717, 1.165) is 24.8 Å². The third kappa shape index (κ3) is 2.06. The van der Waals surface area contributed by atoms with Crippen LogP contribution in [-0.2, 0) is 6.42 Å². The molecular weight excluding hydrogens is 350 g/mol. The first kappa shape index (κ1) is 17.5. The number of nitrogens with zero attached hydrogens (tertiary/aromatic N) is 1. The summed E-state index contributed by atoms with van der Waals surface area (Å²) in [5.74, 6) is -0.169. The number of ketones is 3. The molecule has 2 atom stereocenters. The Morgan fingerprint density at radius 3 is 2.32 bits per heavy atom. The van der Waals surface area contributed by atoms with Crippen molar-refractivity contribution in [1.82, 2.24) is 4.98 Å². The van der Waals surface area contributed by atoms with Crippen LogP contribution >= 0.6 is 0 Å². The van der Waals surface area contributed by atoms with E-state index in [-0.39, 0.29) is 34.4 Å². The second-order valence-electron chi connectivity index (χ2n) is 9.42. The number of pyridine rings is 1. The van der Waals surface area contributed by atoms with E-state index >= 15 is 0 Å². The lowest BCUT2D eigenvalue weighted by atomic mass is 9.50. The Morgan fingerprint density at radius 1 is 0.929 bits per heavy atom. The van der Waals surface area contributed by atoms with E-state index in [1.54, 1.807) is 30.5 Å². The molecule has 0 spiro atoms. The average Bonchev–Trinajstić information content (AvgIpc) is 2.67. The summed E-state index contributed by atoms with van der Waals surface area (Å²) in [7, 11) is 0. The second kappa shape index (κ2) is 5.47. The van der Waals surface area contributed by atoms with E-state index in [2.05, 4.69) is 25.8 Å². The van der Waals surface area contributed by atoms with E-state index < -0.39 is 5.41 Å². The SMILES string of the molecule is CC1(C)CCC[C@]2(C)C(=O)c3cnc4c(c3C[C@@H]12)C(=O)c1ccccc1C4=O. The fourth-order valence-electron chi connectivity index (χ4n) is 5.92. The third-order valence-corrected chi connectivity index (χ3v) is 7.45. The van der Waals surface area contributed by atoms with Crippen LogP contribution < -0.4 is 0 Å². The molecule has 1 fully saturated rings. The summed E-state index contributed by atoms with van der Waals surface area (Å²) in [6.45, 7) is 6.53. The highest BCUT2D eigenvalue weighted by Crippen LogP contribution is 2.56. The number of carbonyl (C=O) groups excluding carboxylic acids is 3. The van der Waals surface area contributed by atoms with Gasteiger partial charge >= 0.3 is 0 Å². The van der Waals surface area contributed by atoms with Gasteiger partial charge in [0.25, 0.3) is 0 Å². The van der Waals surface area contributed by atoms with Crippen LogP contribution in [0.2, 0.25) is 0 Å². The molecule has 28 heavy (non-hydrogen) atoms. The Morgan fingerprint density at radius 2 is 1.61 bits per heavy atom. The minimum Gasteiger partial charge on any atom is -0.293 e. The van der Waals surface area contributed by atoms with Crippen LogP contribution in [0.5, 0.6) is 0 Å². The molecule has 5 rings (SSSR count). The predicted molar refractivity (Wildman–Crippen MR) is 105 cm³/mol. The molecule has 4 heteroatoms. The zero-order valence-electron chi connectivity index (χ0n) is 16.5. The largest absolute Gasteiger partial charge is 0.293 e. The number of aromatic nitrogens is 1. The maximum atomic E-state index is 13.5. The number of hydrogen-bond donors (Lipinski definition) is 0. The molecule has 0 saturated heterocycles. The number of carbonyl (C=O) groups is 3. The molecule has 0 N–H and O–H groups in total. The van der Waals surface area contributed by atoms with Gasteiger partial charge in [0.2, 0.25) is 5.78 Å². The molecule has 0 aliphatic heterocycles. The quantitative estimate of drug-likeness (QED) is 0.585. The van der Waals surface area contributed by atoms with Gasteiger partial charge in [-0.3, -0.25) is 19.4 Å². The van der Waals surface area contributed by atoms with Gasteiger partial charge in [0.15, 0.2) is 11.6 Å². The van der Waals surface area contributed by atoms with Crippen molar-refractivity contribution in [2.24, 2.45) is 16.7 Å². The lowest BCUT2D eigenvalue weighted by molar-refractivity contribution is 0.00361. The van der Waals surface area contributed by atoms with Crippen LogP contribution in [0.1, 0.15) is 87.9 Å². The van der Waals surface area contributed by atoms with Crippen molar-refractivity contribution in [3.63, 3.8) is 0 Å². The van der Waals surface area contributed by atoms with Crippen LogP contribution in [0, 0.1) is 16.7 Å². The van der Waals surface area contributed by atoms with Crippen molar-refractivity contribution in [2.45, 2.75) is 46.5 Å². The van der Waals surface area contributed by atoms with Gasteiger partial charge in [0.05, 0.1) is 5.56 Å². The Bertz CT molecular complexity index is 1080. The molecule has 1 aromatic carbocycles. The van der Waals surface area contributed by atoms with Crippen LogP contribution in [0.3, 0.4) is 0 Å². The molecule has 0 amide bonds. The maximum Gasteiger partial charge on any atom is 0.212 e. The van der Waals surface area contributed by atoms with Crippen molar-refractivity contribution in [2.75, 3.05) is 0 Å². The van der Waals surface area contributed by atoms with Gasteiger partial charge < -0.3 is 0 Å². The summed E-state index contributed by atoms with van der Waals surface area (Å²) in [6, 6.07) is 6.89. The predicted octanol–water partition coefficient (Wildman–Crippen LogP) is 4.43. The van der Waals surface area contributed by atoms with Gasteiger partial charge in [-0.1, -0.05) is 51.5 Å². The van der Waals surface area contributed by atoms with E-state index in [1.165, 1.54) is 0 Å². The van der Waals surface area contributed by atoms with Crippen LogP contribution in [0.15, 0.2) is 30.5 Å². The lowest BCUT2D eigenvalue weighted by Crippen LogP contribution is -2.51. The fraction of sp³-hybridized carbons (Fsp3) is 0.417. The first-order valence-electron chi connectivity index (χ1n) is 10.0.